The standard InChI is InChI=1S/C14H18N2O/c1-9-3-6-13(17-2)14-12(9)7-11(16-14)8-15-10-4-5-10/h3,6-7,10,15-16H,4-5,8H2,1-2H3. The molecule has 1 saturated carbocycles. The molecule has 0 radical (unpaired) electrons. The van der Waals surface area contributed by atoms with Crippen molar-refractivity contribution in [3.05, 3.63) is 29.5 Å². The van der Waals surface area contributed by atoms with Crippen LogP contribution in [0.4, 0.5) is 0 Å². The topological polar surface area (TPSA) is 37.0 Å². The molecule has 0 amide bonds. The number of fused-ring (bicyclic) bond motifs is 1. The highest BCUT2D eigenvalue weighted by Crippen LogP contribution is 2.28. The van der Waals surface area contributed by atoms with Crippen LogP contribution < -0.4 is 10.1 Å². The molecule has 3 heteroatoms. The van der Waals surface area contributed by atoms with Crippen LogP contribution in [0.1, 0.15) is 24.1 Å². The van der Waals surface area contributed by atoms with Crippen molar-refractivity contribution in [1.82, 2.24) is 10.3 Å². The number of H-pyrrole nitrogens is 1. The van der Waals surface area contributed by atoms with Gasteiger partial charge in [-0.15, -0.1) is 0 Å². The number of ether oxygens (including phenoxy) is 1. The molecule has 0 atom stereocenters. The number of methoxy groups -OCH3 is 1. The Morgan fingerprint density at radius 2 is 2.24 bits per heavy atom. The van der Waals surface area contributed by atoms with Crippen molar-refractivity contribution < 1.29 is 4.74 Å². The second kappa shape index (κ2) is 4.08. The smallest absolute Gasteiger partial charge is 0.142 e. The van der Waals surface area contributed by atoms with Crippen LogP contribution in [0, 0.1) is 6.92 Å². The summed E-state index contributed by atoms with van der Waals surface area (Å²) < 4.78 is 5.38. The zero-order valence-corrected chi connectivity index (χ0v) is 10.3. The van der Waals surface area contributed by atoms with Crippen molar-refractivity contribution in [2.45, 2.75) is 32.4 Å². The first kappa shape index (κ1) is 10.7. The summed E-state index contributed by atoms with van der Waals surface area (Å²) in [6.45, 7) is 3.05. The SMILES string of the molecule is COc1ccc(C)c2cc(CNC3CC3)[nH]c12. The number of aromatic nitrogens is 1. The Labute approximate surface area is 101 Å². The van der Waals surface area contributed by atoms with Crippen LogP contribution in [0.5, 0.6) is 5.75 Å². The minimum Gasteiger partial charge on any atom is -0.495 e. The summed E-state index contributed by atoms with van der Waals surface area (Å²) in [5.74, 6) is 0.920. The minimum atomic E-state index is 0.740. The zero-order valence-electron chi connectivity index (χ0n) is 10.3. The lowest BCUT2D eigenvalue weighted by Gasteiger charge is -2.03. The Morgan fingerprint density at radius 3 is 2.94 bits per heavy atom. The van der Waals surface area contributed by atoms with E-state index >= 15 is 0 Å². The molecule has 1 aromatic carbocycles. The van der Waals surface area contributed by atoms with E-state index in [9.17, 15) is 0 Å². The quantitative estimate of drug-likeness (QED) is 0.847. The number of hydrogen-bond acceptors (Lipinski definition) is 2. The van der Waals surface area contributed by atoms with Crippen molar-refractivity contribution in [3.8, 4) is 5.75 Å². The van der Waals surface area contributed by atoms with Gasteiger partial charge in [0.1, 0.15) is 5.75 Å². The molecule has 0 saturated heterocycles. The monoisotopic (exact) mass is 230 g/mol. The maximum Gasteiger partial charge on any atom is 0.142 e. The molecule has 1 aromatic heterocycles. The number of aromatic amines is 1. The summed E-state index contributed by atoms with van der Waals surface area (Å²) >= 11 is 0. The highest BCUT2D eigenvalue weighted by Gasteiger charge is 2.20. The Morgan fingerprint density at radius 1 is 1.41 bits per heavy atom. The van der Waals surface area contributed by atoms with Crippen LogP contribution in [0.3, 0.4) is 0 Å². The summed E-state index contributed by atoms with van der Waals surface area (Å²) in [6, 6.07) is 7.09. The predicted molar refractivity (Wildman–Crippen MR) is 69.4 cm³/mol. The second-order valence-electron chi connectivity index (χ2n) is 4.82. The van der Waals surface area contributed by atoms with Gasteiger partial charge in [-0.25, -0.2) is 0 Å². The Hall–Kier alpha value is -1.48. The normalized spacial score (nSPS) is 15.4. The summed E-state index contributed by atoms with van der Waals surface area (Å²) in [4.78, 5) is 3.45. The van der Waals surface area contributed by atoms with E-state index in [0.717, 1.165) is 23.9 Å². The first-order chi connectivity index (χ1) is 8.28. The van der Waals surface area contributed by atoms with E-state index in [1.54, 1.807) is 7.11 Å². The van der Waals surface area contributed by atoms with Gasteiger partial charge in [0, 0.05) is 23.7 Å². The molecule has 3 rings (SSSR count). The molecule has 1 aliphatic carbocycles. The third-order valence-corrected chi connectivity index (χ3v) is 3.41. The average molecular weight is 230 g/mol. The van der Waals surface area contributed by atoms with Gasteiger partial charge in [0.25, 0.3) is 0 Å². The Kier molecular flexibility index (Phi) is 2.56. The lowest BCUT2D eigenvalue weighted by Crippen LogP contribution is -2.15. The first-order valence-electron chi connectivity index (χ1n) is 6.16. The van der Waals surface area contributed by atoms with E-state index in [4.69, 9.17) is 4.74 Å². The molecule has 0 unspecified atom stereocenters. The lowest BCUT2D eigenvalue weighted by molar-refractivity contribution is 0.419. The number of rotatable bonds is 4. The van der Waals surface area contributed by atoms with Crippen LogP contribution in [-0.2, 0) is 6.54 Å². The maximum atomic E-state index is 5.38. The van der Waals surface area contributed by atoms with Crippen LogP contribution in [0.2, 0.25) is 0 Å². The second-order valence-corrected chi connectivity index (χ2v) is 4.82. The van der Waals surface area contributed by atoms with Crippen molar-refractivity contribution >= 4 is 10.9 Å². The van der Waals surface area contributed by atoms with Crippen LogP contribution in [0.15, 0.2) is 18.2 Å². The molecule has 1 heterocycles. The molecule has 2 aromatic rings. The summed E-state index contributed by atoms with van der Waals surface area (Å²) in [5.41, 5.74) is 3.63. The van der Waals surface area contributed by atoms with Gasteiger partial charge in [0.05, 0.1) is 12.6 Å². The Bertz CT molecular complexity index is 540. The van der Waals surface area contributed by atoms with Crippen LogP contribution in [0.25, 0.3) is 10.9 Å². The van der Waals surface area contributed by atoms with E-state index in [1.807, 2.05) is 6.07 Å². The molecule has 17 heavy (non-hydrogen) atoms. The highest BCUT2D eigenvalue weighted by atomic mass is 16.5. The van der Waals surface area contributed by atoms with Gasteiger partial charge in [-0.05, 0) is 37.5 Å². The van der Waals surface area contributed by atoms with Gasteiger partial charge in [0.15, 0.2) is 0 Å². The summed E-state index contributed by atoms with van der Waals surface area (Å²) in [6.07, 6.45) is 2.64. The van der Waals surface area contributed by atoms with E-state index in [0.29, 0.717) is 0 Å². The van der Waals surface area contributed by atoms with Gasteiger partial charge in [0.2, 0.25) is 0 Å². The van der Waals surface area contributed by atoms with Gasteiger partial charge < -0.3 is 15.0 Å². The van der Waals surface area contributed by atoms with Crippen molar-refractivity contribution in [2.75, 3.05) is 7.11 Å². The molecule has 1 aliphatic rings. The Balaban J connectivity index is 1.95. The lowest BCUT2D eigenvalue weighted by atomic mass is 10.1. The molecule has 0 aliphatic heterocycles. The van der Waals surface area contributed by atoms with E-state index in [1.165, 1.54) is 29.5 Å². The van der Waals surface area contributed by atoms with E-state index in [-0.39, 0.29) is 0 Å². The van der Waals surface area contributed by atoms with Crippen molar-refractivity contribution in [1.29, 1.82) is 0 Å². The zero-order chi connectivity index (χ0) is 11.8. The predicted octanol–water partition coefficient (Wildman–Crippen LogP) is 2.74. The molecule has 0 bridgehead atoms. The van der Waals surface area contributed by atoms with E-state index < -0.39 is 0 Å². The largest absolute Gasteiger partial charge is 0.495 e. The third kappa shape index (κ3) is 2.03. The molecule has 1 fully saturated rings. The third-order valence-electron chi connectivity index (χ3n) is 3.41. The van der Waals surface area contributed by atoms with Gasteiger partial charge in [-0.3, -0.25) is 0 Å². The highest BCUT2D eigenvalue weighted by molar-refractivity contribution is 5.89. The molecular weight excluding hydrogens is 212 g/mol. The van der Waals surface area contributed by atoms with Gasteiger partial charge >= 0.3 is 0 Å². The van der Waals surface area contributed by atoms with E-state index in [2.05, 4.69) is 29.4 Å². The maximum absolute atomic E-state index is 5.38. The molecular formula is C14H18N2O. The van der Waals surface area contributed by atoms with Gasteiger partial charge in [-0.1, -0.05) is 6.07 Å². The minimum absolute atomic E-state index is 0.740. The van der Waals surface area contributed by atoms with Gasteiger partial charge in [-0.2, -0.15) is 0 Å². The van der Waals surface area contributed by atoms with Crippen LogP contribution >= 0.6 is 0 Å². The number of aryl methyl sites for hydroxylation is 1. The summed E-state index contributed by atoms with van der Waals surface area (Å²) in [7, 11) is 1.72. The molecule has 2 N–H and O–H groups in total. The average Bonchev–Trinajstić information content (AvgIpc) is 3.06. The fourth-order valence-electron chi connectivity index (χ4n) is 2.20. The number of benzene rings is 1. The fraction of sp³-hybridized carbons (Fsp3) is 0.429. The molecule has 90 valence electrons. The summed E-state index contributed by atoms with van der Waals surface area (Å²) in [5, 5.41) is 4.78. The first-order valence-corrected chi connectivity index (χ1v) is 6.16. The van der Waals surface area contributed by atoms with Crippen molar-refractivity contribution in [2.24, 2.45) is 0 Å². The fourth-order valence-corrected chi connectivity index (χ4v) is 2.20. The number of nitrogens with one attached hydrogen (secondary N) is 2. The number of hydrogen-bond donors (Lipinski definition) is 2. The molecule has 3 nitrogen and oxygen atoms in total. The van der Waals surface area contributed by atoms with Crippen molar-refractivity contribution in [3.63, 3.8) is 0 Å². The van der Waals surface area contributed by atoms with Crippen LogP contribution in [-0.4, -0.2) is 18.1 Å². The molecule has 0 spiro atoms.